The first-order chi connectivity index (χ1) is 5.78. The maximum absolute atomic E-state index is 10.8. The zero-order chi connectivity index (χ0) is 10.6. The third kappa shape index (κ3) is 3.96. The Hall–Kier alpha value is -0.995. The molecule has 0 fully saturated rings. The highest BCUT2D eigenvalue weighted by Crippen LogP contribution is 2.13. The molecule has 0 aromatic heterocycles. The molecule has 0 saturated heterocycles. The van der Waals surface area contributed by atoms with Crippen molar-refractivity contribution in [1.29, 1.82) is 0 Å². The van der Waals surface area contributed by atoms with E-state index in [0.29, 0.717) is 0 Å². The van der Waals surface area contributed by atoms with Gasteiger partial charge in [0.15, 0.2) is 0 Å². The molecule has 1 unspecified atom stereocenters. The molecule has 4 nitrogen and oxygen atoms in total. The first-order valence-corrected chi connectivity index (χ1v) is 4.09. The number of rotatable bonds is 4. The van der Waals surface area contributed by atoms with Gasteiger partial charge in [0.1, 0.15) is 7.85 Å². The third-order valence-electron chi connectivity index (χ3n) is 1.51. The molecule has 0 spiro atoms. The Kier molecular flexibility index (Phi) is 3.97. The smallest absolute Gasteiger partial charge is 0.319 e. The van der Waals surface area contributed by atoms with Crippen LogP contribution in [-0.4, -0.2) is 30.3 Å². The normalized spacial score (nSPS) is 15.1. The van der Waals surface area contributed by atoms with Gasteiger partial charge in [-0.05, 0) is 12.3 Å². The second-order valence-corrected chi connectivity index (χ2v) is 3.56. The van der Waals surface area contributed by atoms with E-state index in [4.69, 9.17) is 13.0 Å². The zero-order valence-electron chi connectivity index (χ0n) is 8.13. The molecular formula is C8H14BNO3. The van der Waals surface area contributed by atoms with E-state index in [1.165, 1.54) is 6.92 Å². The van der Waals surface area contributed by atoms with Crippen LogP contribution in [0.4, 0.5) is 0 Å². The highest BCUT2D eigenvalue weighted by atomic mass is 16.4. The van der Waals surface area contributed by atoms with Gasteiger partial charge in [0.05, 0.1) is 5.44 Å². The van der Waals surface area contributed by atoms with E-state index in [2.05, 4.69) is 5.32 Å². The molecule has 5 heteroatoms. The van der Waals surface area contributed by atoms with Crippen LogP contribution in [-0.2, 0) is 9.59 Å². The average Bonchev–Trinajstić information content (AvgIpc) is 1.82. The van der Waals surface area contributed by atoms with Crippen molar-refractivity contribution in [3.05, 3.63) is 0 Å². The number of hydrogen-bond acceptors (Lipinski definition) is 2. The Morgan fingerprint density at radius 2 is 2.00 bits per heavy atom. The minimum atomic E-state index is -1.64. The lowest BCUT2D eigenvalue weighted by molar-refractivity contribution is -0.144. The van der Waals surface area contributed by atoms with Crippen molar-refractivity contribution in [2.45, 2.75) is 32.6 Å². The van der Waals surface area contributed by atoms with Gasteiger partial charge in [-0.25, -0.2) is 0 Å². The summed E-state index contributed by atoms with van der Waals surface area (Å²) in [6.07, 6.45) is 0.210. The number of carboxylic acid groups (broad SMARTS) is 1. The molecule has 0 aliphatic rings. The number of carbonyl (C=O) groups excluding carboxylic acids is 1. The van der Waals surface area contributed by atoms with Crippen LogP contribution in [0.25, 0.3) is 0 Å². The molecular weight excluding hydrogens is 169 g/mol. The Balaban J connectivity index is 4.52. The summed E-state index contributed by atoms with van der Waals surface area (Å²) in [7, 11) is 5.51. The summed E-state index contributed by atoms with van der Waals surface area (Å²) in [6, 6.07) is 0. The molecule has 72 valence electrons. The lowest BCUT2D eigenvalue weighted by Gasteiger charge is -2.27. The quantitative estimate of drug-likeness (QED) is 0.608. The molecule has 2 N–H and O–H groups in total. The van der Waals surface area contributed by atoms with Crippen LogP contribution < -0.4 is 5.32 Å². The van der Waals surface area contributed by atoms with E-state index < -0.39 is 17.3 Å². The summed E-state index contributed by atoms with van der Waals surface area (Å²) < 4.78 is 0. The van der Waals surface area contributed by atoms with Crippen LogP contribution in [0.2, 0.25) is 0 Å². The highest BCUT2D eigenvalue weighted by molar-refractivity contribution is 6.28. The standard InChI is InChI=1S/C8H14BNO3/c1-5(2)4-8(9,7(12)13)10-6(3)11/h5H,4H2,1-3H3,(H,10,11)(H,12,13). The predicted octanol–water partition coefficient (Wildman–Crippen LogP) is 0.118. The SMILES string of the molecule is [B]C(CC(C)C)(NC(C)=O)C(=O)O. The minimum Gasteiger partial charge on any atom is -0.480 e. The second kappa shape index (κ2) is 4.30. The Bertz CT molecular complexity index is 217. The Morgan fingerprint density at radius 1 is 1.54 bits per heavy atom. The molecule has 0 rings (SSSR count). The van der Waals surface area contributed by atoms with Gasteiger partial charge in [-0.2, -0.15) is 0 Å². The number of hydrogen-bond donors (Lipinski definition) is 2. The van der Waals surface area contributed by atoms with Crippen LogP contribution in [0.3, 0.4) is 0 Å². The van der Waals surface area contributed by atoms with E-state index >= 15 is 0 Å². The van der Waals surface area contributed by atoms with E-state index in [1.54, 1.807) is 0 Å². The van der Waals surface area contributed by atoms with Gasteiger partial charge < -0.3 is 10.4 Å². The van der Waals surface area contributed by atoms with Gasteiger partial charge in [-0.15, -0.1) is 0 Å². The van der Waals surface area contributed by atoms with Crippen molar-refractivity contribution in [3.8, 4) is 0 Å². The molecule has 0 aliphatic heterocycles. The zero-order valence-corrected chi connectivity index (χ0v) is 8.13. The summed E-state index contributed by atoms with van der Waals surface area (Å²) in [5.74, 6) is -1.55. The number of carboxylic acids is 1. The number of nitrogens with one attached hydrogen (secondary N) is 1. The fourth-order valence-electron chi connectivity index (χ4n) is 1.15. The molecule has 0 heterocycles. The van der Waals surface area contributed by atoms with E-state index in [-0.39, 0.29) is 12.3 Å². The summed E-state index contributed by atoms with van der Waals surface area (Å²) >= 11 is 0. The topological polar surface area (TPSA) is 66.4 Å². The van der Waals surface area contributed by atoms with Gasteiger partial charge in [-0.3, -0.25) is 9.59 Å². The van der Waals surface area contributed by atoms with E-state index in [1.807, 2.05) is 13.8 Å². The third-order valence-corrected chi connectivity index (χ3v) is 1.51. The van der Waals surface area contributed by atoms with Crippen molar-refractivity contribution >= 4 is 19.7 Å². The molecule has 2 radical (unpaired) electrons. The molecule has 1 amide bonds. The summed E-state index contributed by atoms with van der Waals surface area (Å²) in [5, 5.41) is 11.0. The molecule has 0 aliphatic carbocycles. The number of carbonyl (C=O) groups is 2. The summed E-state index contributed by atoms with van der Waals surface area (Å²) in [5.41, 5.74) is -1.64. The summed E-state index contributed by atoms with van der Waals surface area (Å²) in [6.45, 7) is 4.92. The fourth-order valence-corrected chi connectivity index (χ4v) is 1.15. The summed E-state index contributed by atoms with van der Waals surface area (Å²) in [4.78, 5) is 21.4. The number of aliphatic carboxylic acids is 1. The van der Waals surface area contributed by atoms with Crippen molar-refractivity contribution in [2.24, 2.45) is 5.92 Å². The largest absolute Gasteiger partial charge is 0.480 e. The number of amides is 1. The Morgan fingerprint density at radius 3 is 2.23 bits per heavy atom. The molecule has 0 aromatic carbocycles. The van der Waals surface area contributed by atoms with Gasteiger partial charge in [0, 0.05) is 6.92 Å². The van der Waals surface area contributed by atoms with Gasteiger partial charge in [0.2, 0.25) is 5.91 Å². The molecule has 0 saturated carbocycles. The lowest BCUT2D eigenvalue weighted by atomic mass is 9.72. The van der Waals surface area contributed by atoms with Gasteiger partial charge in [-0.1, -0.05) is 13.8 Å². The second-order valence-electron chi connectivity index (χ2n) is 3.56. The van der Waals surface area contributed by atoms with Crippen LogP contribution in [0.1, 0.15) is 27.2 Å². The van der Waals surface area contributed by atoms with E-state index in [0.717, 1.165) is 0 Å². The van der Waals surface area contributed by atoms with Crippen molar-refractivity contribution in [3.63, 3.8) is 0 Å². The molecule has 13 heavy (non-hydrogen) atoms. The molecule has 0 aromatic rings. The first kappa shape index (κ1) is 12.0. The maximum atomic E-state index is 10.8. The van der Waals surface area contributed by atoms with Gasteiger partial charge >= 0.3 is 5.97 Å². The maximum Gasteiger partial charge on any atom is 0.319 e. The Labute approximate surface area is 79.1 Å². The van der Waals surface area contributed by atoms with Crippen molar-refractivity contribution in [1.82, 2.24) is 5.32 Å². The molecule has 0 bridgehead atoms. The van der Waals surface area contributed by atoms with Crippen molar-refractivity contribution in [2.75, 3.05) is 0 Å². The van der Waals surface area contributed by atoms with Crippen molar-refractivity contribution < 1.29 is 14.7 Å². The monoisotopic (exact) mass is 183 g/mol. The molecule has 1 atom stereocenters. The van der Waals surface area contributed by atoms with Gasteiger partial charge in [0.25, 0.3) is 0 Å². The van der Waals surface area contributed by atoms with Crippen LogP contribution in [0.5, 0.6) is 0 Å². The predicted molar refractivity (Wildman–Crippen MR) is 49.4 cm³/mol. The van der Waals surface area contributed by atoms with E-state index in [9.17, 15) is 9.59 Å². The highest BCUT2D eigenvalue weighted by Gasteiger charge is 2.33. The average molecular weight is 183 g/mol. The van der Waals surface area contributed by atoms with Crippen LogP contribution in [0, 0.1) is 5.92 Å². The van der Waals surface area contributed by atoms with Crippen LogP contribution in [0.15, 0.2) is 0 Å². The fraction of sp³-hybridized carbons (Fsp3) is 0.750. The lowest BCUT2D eigenvalue weighted by Crippen LogP contribution is -2.55. The minimum absolute atomic E-state index is 0.105. The van der Waals surface area contributed by atoms with Crippen LogP contribution >= 0.6 is 0 Å². The first-order valence-electron chi connectivity index (χ1n) is 4.09.